The molecule has 1 aliphatic rings. The second-order valence-electron chi connectivity index (χ2n) is 6.92. The minimum absolute atomic E-state index is 0.0510. The van der Waals surface area contributed by atoms with Crippen molar-refractivity contribution in [2.45, 2.75) is 39.4 Å². The summed E-state index contributed by atoms with van der Waals surface area (Å²) in [4.78, 5) is 12.2. The summed E-state index contributed by atoms with van der Waals surface area (Å²) in [6, 6.07) is 5.91. The molecule has 1 saturated heterocycles. The van der Waals surface area contributed by atoms with Crippen LogP contribution in [0.1, 0.15) is 35.4 Å². The number of halogens is 3. The number of benzene rings is 1. The Labute approximate surface area is 155 Å². The highest BCUT2D eigenvalue weighted by Gasteiger charge is 2.34. The summed E-state index contributed by atoms with van der Waals surface area (Å²) in [5.74, 6) is -0.332. The van der Waals surface area contributed by atoms with E-state index in [0.717, 1.165) is 30.5 Å². The van der Waals surface area contributed by atoms with Crippen LogP contribution >= 0.6 is 0 Å². The molecule has 0 spiro atoms. The Morgan fingerprint density at radius 2 is 1.96 bits per heavy atom. The molecule has 2 aromatic rings. The van der Waals surface area contributed by atoms with E-state index in [9.17, 15) is 18.0 Å². The predicted octanol–water partition coefficient (Wildman–Crippen LogP) is 3.12. The van der Waals surface area contributed by atoms with Crippen molar-refractivity contribution in [3.8, 4) is 5.69 Å². The fourth-order valence-corrected chi connectivity index (χ4v) is 3.42. The monoisotopic (exact) mass is 380 g/mol. The van der Waals surface area contributed by atoms with Crippen LogP contribution in [0.15, 0.2) is 24.3 Å². The number of hydrogen-bond donors (Lipinski definition) is 2. The molecule has 1 aromatic heterocycles. The Hall–Kier alpha value is -2.35. The van der Waals surface area contributed by atoms with E-state index in [1.54, 1.807) is 26.0 Å². The Morgan fingerprint density at radius 3 is 2.56 bits per heavy atom. The van der Waals surface area contributed by atoms with Gasteiger partial charge in [-0.15, -0.1) is 0 Å². The van der Waals surface area contributed by atoms with Gasteiger partial charge in [-0.2, -0.15) is 18.3 Å². The topological polar surface area (TPSA) is 59.0 Å². The molecule has 1 aromatic carbocycles. The first kappa shape index (κ1) is 19.4. The molecule has 1 fully saturated rings. The first-order valence-corrected chi connectivity index (χ1v) is 8.98. The molecule has 2 N–H and O–H groups in total. The van der Waals surface area contributed by atoms with Crippen LogP contribution in [-0.2, 0) is 17.5 Å². The summed E-state index contributed by atoms with van der Waals surface area (Å²) in [5, 5.41) is 10.1. The molecule has 1 amide bonds. The largest absolute Gasteiger partial charge is 0.416 e. The van der Waals surface area contributed by atoms with Gasteiger partial charge in [0.15, 0.2) is 0 Å². The van der Waals surface area contributed by atoms with Crippen LogP contribution in [0.4, 0.5) is 13.2 Å². The molecule has 0 bridgehead atoms. The van der Waals surface area contributed by atoms with Gasteiger partial charge in [0.1, 0.15) is 0 Å². The van der Waals surface area contributed by atoms with E-state index in [1.165, 1.54) is 10.7 Å². The van der Waals surface area contributed by atoms with E-state index < -0.39 is 11.7 Å². The van der Waals surface area contributed by atoms with E-state index in [0.29, 0.717) is 18.5 Å². The third kappa shape index (κ3) is 4.50. The average molecular weight is 380 g/mol. The lowest BCUT2D eigenvalue weighted by Crippen LogP contribution is -2.38. The van der Waals surface area contributed by atoms with Crippen molar-refractivity contribution in [3.05, 3.63) is 46.8 Å². The summed E-state index contributed by atoms with van der Waals surface area (Å²) in [6.45, 7) is 4.95. The van der Waals surface area contributed by atoms with Gasteiger partial charge in [-0.1, -0.05) is 6.07 Å². The zero-order valence-electron chi connectivity index (χ0n) is 15.4. The molecule has 0 aliphatic carbocycles. The maximum Gasteiger partial charge on any atom is 0.416 e. The first-order valence-electron chi connectivity index (χ1n) is 8.98. The number of aromatic nitrogens is 2. The van der Waals surface area contributed by atoms with E-state index in [4.69, 9.17) is 0 Å². The van der Waals surface area contributed by atoms with Gasteiger partial charge >= 0.3 is 6.18 Å². The molecule has 0 unspecified atom stereocenters. The van der Waals surface area contributed by atoms with E-state index in [2.05, 4.69) is 15.7 Å². The van der Waals surface area contributed by atoms with E-state index in [1.807, 2.05) is 0 Å². The van der Waals surface area contributed by atoms with E-state index in [-0.39, 0.29) is 23.9 Å². The maximum atomic E-state index is 13.6. The number of aryl methyl sites for hydroxylation is 2. The maximum absolute atomic E-state index is 13.6. The number of amides is 1. The fraction of sp³-hybridized carbons (Fsp3) is 0.474. The van der Waals surface area contributed by atoms with Gasteiger partial charge < -0.3 is 10.6 Å². The van der Waals surface area contributed by atoms with Crippen LogP contribution in [0.3, 0.4) is 0 Å². The van der Waals surface area contributed by atoms with Gasteiger partial charge in [-0.05, 0) is 63.5 Å². The van der Waals surface area contributed by atoms with Crippen LogP contribution in [0.2, 0.25) is 0 Å². The molecule has 2 heterocycles. The van der Waals surface area contributed by atoms with Gasteiger partial charge in [0.2, 0.25) is 5.91 Å². The summed E-state index contributed by atoms with van der Waals surface area (Å²) in [5.41, 5.74) is 1.14. The lowest BCUT2D eigenvalue weighted by molar-refractivity contribution is -0.138. The lowest BCUT2D eigenvalue weighted by atomic mass is 9.97. The van der Waals surface area contributed by atoms with Gasteiger partial charge in [-0.25, -0.2) is 4.68 Å². The van der Waals surface area contributed by atoms with E-state index >= 15 is 0 Å². The van der Waals surface area contributed by atoms with Crippen molar-refractivity contribution >= 4 is 5.91 Å². The molecule has 146 valence electrons. The third-order valence-corrected chi connectivity index (χ3v) is 4.82. The molecule has 8 heteroatoms. The SMILES string of the molecule is Cc1cc(C)n(-c2ccc(CNC(=O)C3CCNCC3)c(C(F)(F)F)c2)n1. The van der Waals surface area contributed by atoms with Crippen molar-refractivity contribution in [2.24, 2.45) is 5.92 Å². The summed E-state index contributed by atoms with van der Waals surface area (Å²) < 4.78 is 42.2. The smallest absolute Gasteiger partial charge is 0.352 e. The molecule has 1 aliphatic heterocycles. The fourth-order valence-electron chi connectivity index (χ4n) is 3.42. The highest BCUT2D eigenvalue weighted by Crippen LogP contribution is 2.33. The van der Waals surface area contributed by atoms with Gasteiger partial charge in [-0.3, -0.25) is 4.79 Å². The summed E-state index contributed by atoms with van der Waals surface area (Å²) >= 11 is 0. The van der Waals surface area contributed by atoms with Crippen LogP contribution in [-0.4, -0.2) is 28.8 Å². The predicted molar refractivity (Wildman–Crippen MR) is 95.5 cm³/mol. The number of alkyl halides is 3. The molecular weight excluding hydrogens is 357 g/mol. The first-order chi connectivity index (χ1) is 12.8. The number of hydrogen-bond acceptors (Lipinski definition) is 3. The summed E-state index contributed by atoms with van der Waals surface area (Å²) in [6.07, 6.45) is -3.11. The van der Waals surface area contributed by atoms with Crippen LogP contribution in [0.5, 0.6) is 0 Å². The van der Waals surface area contributed by atoms with Crippen molar-refractivity contribution in [2.75, 3.05) is 13.1 Å². The second kappa shape index (κ2) is 7.72. The van der Waals surface area contributed by atoms with Gasteiger partial charge in [0, 0.05) is 18.2 Å². The molecular formula is C19H23F3N4O. The van der Waals surface area contributed by atoms with Gasteiger partial charge in [0.05, 0.1) is 16.9 Å². The Bertz CT molecular complexity index is 823. The third-order valence-electron chi connectivity index (χ3n) is 4.82. The van der Waals surface area contributed by atoms with Crippen molar-refractivity contribution < 1.29 is 18.0 Å². The number of carbonyl (C=O) groups is 1. The van der Waals surface area contributed by atoms with Crippen molar-refractivity contribution in [3.63, 3.8) is 0 Å². The van der Waals surface area contributed by atoms with Crippen molar-refractivity contribution in [1.29, 1.82) is 0 Å². The quantitative estimate of drug-likeness (QED) is 0.857. The van der Waals surface area contributed by atoms with Crippen LogP contribution < -0.4 is 10.6 Å². The Morgan fingerprint density at radius 1 is 1.26 bits per heavy atom. The number of carbonyl (C=O) groups excluding carboxylic acids is 1. The molecule has 5 nitrogen and oxygen atoms in total. The Kier molecular flexibility index (Phi) is 5.55. The number of nitrogens with zero attached hydrogens (tertiary/aromatic N) is 2. The Balaban J connectivity index is 1.82. The minimum atomic E-state index is -4.51. The molecule has 3 rings (SSSR count). The summed E-state index contributed by atoms with van der Waals surface area (Å²) in [7, 11) is 0. The minimum Gasteiger partial charge on any atom is -0.352 e. The number of nitrogens with one attached hydrogen (secondary N) is 2. The highest BCUT2D eigenvalue weighted by atomic mass is 19.4. The zero-order valence-corrected chi connectivity index (χ0v) is 15.4. The van der Waals surface area contributed by atoms with Crippen LogP contribution in [0.25, 0.3) is 5.69 Å². The molecule has 0 atom stereocenters. The standard InChI is InChI=1S/C19H23F3N4O/c1-12-9-13(2)26(25-12)16-4-3-15(17(10-16)19(20,21)22)11-24-18(27)14-5-7-23-8-6-14/h3-4,9-10,14,23H,5-8,11H2,1-2H3,(H,24,27). The van der Waals surface area contributed by atoms with Crippen molar-refractivity contribution in [1.82, 2.24) is 20.4 Å². The number of piperidine rings is 1. The molecule has 0 saturated carbocycles. The highest BCUT2D eigenvalue weighted by molar-refractivity contribution is 5.78. The molecule has 0 radical (unpaired) electrons. The van der Waals surface area contributed by atoms with Crippen LogP contribution in [0, 0.1) is 19.8 Å². The number of rotatable bonds is 4. The lowest BCUT2D eigenvalue weighted by Gasteiger charge is -2.22. The normalized spacial score (nSPS) is 15.7. The average Bonchev–Trinajstić information content (AvgIpc) is 2.97. The second-order valence-corrected chi connectivity index (χ2v) is 6.92. The molecule has 27 heavy (non-hydrogen) atoms. The zero-order chi connectivity index (χ0) is 19.6. The van der Waals surface area contributed by atoms with Gasteiger partial charge in [0.25, 0.3) is 0 Å².